The largest absolute Gasteiger partial charge is 0.480 e. The standard InChI is InChI=1S/C9H15NO4/c1-14-7-3-2-6(4-7)8(9(12)13)10-5-11/h5-8H,2-4H2,1H3,(H,10,11)(H,12,13). The van der Waals surface area contributed by atoms with Gasteiger partial charge in [0.2, 0.25) is 6.41 Å². The zero-order chi connectivity index (χ0) is 10.6. The molecule has 5 nitrogen and oxygen atoms in total. The van der Waals surface area contributed by atoms with Gasteiger partial charge in [-0.3, -0.25) is 4.79 Å². The lowest BCUT2D eigenvalue weighted by Gasteiger charge is -2.18. The highest BCUT2D eigenvalue weighted by Gasteiger charge is 2.34. The highest BCUT2D eigenvalue weighted by molar-refractivity contribution is 5.76. The van der Waals surface area contributed by atoms with Crippen LogP contribution in [0.3, 0.4) is 0 Å². The Morgan fingerprint density at radius 3 is 2.79 bits per heavy atom. The third kappa shape index (κ3) is 2.45. The Balaban J connectivity index is 2.52. The SMILES string of the molecule is COC1CCC(C(NC=O)C(=O)O)C1. The summed E-state index contributed by atoms with van der Waals surface area (Å²) >= 11 is 0. The summed E-state index contributed by atoms with van der Waals surface area (Å²) in [7, 11) is 1.62. The maximum absolute atomic E-state index is 10.8. The first kappa shape index (κ1) is 11.0. The van der Waals surface area contributed by atoms with E-state index in [0.717, 1.165) is 12.8 Å². The zero-order valence-electron chi connectivity index (χ0n) is 8.10. The van der Waals surface area contributed by atoms with E-state index in [0.29, 0.717) is 12.8 Å². The molecule has 0 heterocycles. The van der Waals surface area contributed by atoms with Gasteiger partial charge in [-0.15, -0.1) is 0 Å². The molecule has 1 saturated carbocycles. The van der Waals surface area contributed by atoms with Gasteiger partial charge >= 0.3 is 5.97 Å². The molecule has 0 aromatic heterocycles. The van der Waals surface area contributed by atoms with E-state index in [4.69, 9.17) is 9.84 Å². The van der Waals surface area contributed by atoms with Gasteiger partial charge in [0.15, 0.2) is 0 Å². The first-order valence-electron chi connectivity index (χ1n) is 4.64. The molecule has 0 saturated heterocycles. The maximum Gasteiger partial charge on any atom is 0.326 e. The number of methoxy groups -OCH3 is 1. The van der Waals surface area contributed by atoms with Gasteiger partial charge in [-0.2, -0.15) is 0 Å². The lowest BCUT2D eigenvalue weighted by atomic mass is 9.98. The van der Waals surface area contributed by atoms with Crippen molar-refractivity contribution >= 4 is 12.4 Å². The highest BCUT2D eigenvalue weighted by Crippen LogP contribution is 2.29. The number of aliphatic carboxylic acids is 1. The van der Waals surface area contributed by atoms with Crippen molar-refractivity contribution in [2.24, 2.45) is 5.92 Å². The molecular formula is C9H15NO4. The van der Waals surface area contributed by atoms with Gasteiger partial charge in [-0.05, 0) is 25.2 Å². The molecule has 0 aliphatic heterocycles. The molecule has 0 bridgehead atoms. The van der Waals surface area contributed by atoms with Crippen LogP contribution in [0.15, 0.2) is 0 Å². The molecule has 1 rings (SSSR count). The minimum absolute atomic E-state index is 0.0114. The molecule has 5 heteroatoms. The molecule has 80 valence electrons. The van der Waals surface area contributed by atoms with E-state index < -0.39 is 12.0 Å². The minimum atomic E-state index is -0.973. The molecule has 3 unspecified atom stereocenters. The van der Waals surface area contributed by atoms with Crippen molar-refractivity contribution in [1.29, 1.82) is 0 Å². The van der Waals surface area contributed by atoms with Crippen molar-refractivity contribution in [3.8, 4) is 0 Å². The lowest BCUT2D eigenvalue weighted by molar-refractivity contribution is -0.142. The number of hydrogen-bond donors (Lipinski definition) is 2. The van der Waals surface area contributed by atoms with Crippen LogP contribution in [0, 0.1) is 5.92 Å². The van der Waals surface area contributed by atoms with Crippen LogP contribution in [-0.2, 0) is 14.3 Å². The number of carbonyl (C=O) groups excluding carboxylic acids is 1. The third-order valence-corrected chi connectivity index (χ3v) is 2.74. The Hall–Kier alpha value is -1.10. The highest BCUT2D eigenvalue weighted by atomic mass is 16.5. The summed E-state index contributed by atoms with van der Waals surface area (Å²) in [6.07, 6.45) is 2.94. The summed E-state index contributed by atoms with van der Waals surface area (Å²) < 4.78 is 5.14. The fraction of sp³-hybridized carbons (Fsp3) is 0.778. The molecule has 1 aliphatic carbocycles. The van der Waals surface area contributed by atoms with E-state index in [1.165, 1.54) is 0 Å². The van der Waals surface area contributed by atoms with Crippen molar-refractivity contribution in [3.05, 3.63) is 0 Å². The molecular weight excluding hydrogens is 186 g/mol. The van der Waals surface area contributed by atoms with Crippen molar-refractivity contribution in [2.75, 3.05) is 7.11 Å². The topological polar surface area (TPSA) is 75.6 Å². The second-order valence-electron chi connectivity index (χ2n) is 3.53. The van der Waals surface area contributed by atoms with Crippen LogP contribution in [-0.4, -0.2) is 36.7 Å². The summed E-state index contributed by atoms with van der Waals surface area (Å²) in [5, 5.41) is 11.2. The van der Waals surface area contributed by atoms with E-state index >= 15 is 0 Å². The van der Waals surface area contributed by atoms with Crippen molar-refractivity contribution in [3.63, 3.8) is 0 Å². The number of carboxylic acid groups (broad SMARTS) is 1. The lowest BCUT2D eigenvalue weighted by Crippen LogP contribution is -2.41. The average Bonchev–Trinajstić information content (AvgIpc) is 2.61. The van der Waals surface area contributed by atoms with Crippen LogP contribution < -0.4 is 5.32 Å². The molecule has 0 aromatic carbocycles. The summed E-state index contributed by atoms with van der Waals surface area (Å²) in [6, 6.07) is -0.771. The smallest absolute Gasteiger partial charge is 0.326 e. The third-order valence-electron chi connectivity index (χ3n) is 2.74. The summed E-state index contributed by atoms with van der Waals surface area (Å²) in [5.74, 6) is -0.985. The van der Waals surface area contributed by atoms with Crippen LogP contribution in [0.2, 0.25) is 0 Å². The Bertz CT molecular complexity index is 219. The molecule has 0 aromatic rings. The Labute approximate surface area is 82.4 Å². The number of amides is 1. The predicted octanol–water partition coefficient (Wildman–Crippen LogP) is 0.000700. The van der Waals surface area contributed by atoms with Crippen LogP contribution in [0.25, 0.3) is 0 Å². The minimum Gasteiger partial charge on any atom is -0.480 e. The molecule has 1 amide bonds. The van der Waals surface area contributed by atoms with Crippen molar-refractivity contribution in [2.45, 2.75) is 31.4 Å². The van der Waals surface area contributed by atoms with Gasteiger partial charge in [0.05, 0.1) is 6.10 Å². The van der Waals surface area contributed by atoms with Crippen LogP contribution in [0.5, 0.6) is 0 Å². The molecule has 0 spiro atoms. The quantitative estimate of drug-likeness (QED) is 0.614. The summed E-state index contributed by atoms with van der Waals surface area (Å²) in [6.45, 7) is 0. The van der Waals surface area contributed by atoms with E-state index in [1.54, 1.807) is 7.11 Å². The number of carboxylic acids is 1. The van der Waals surface area contributed by atoms with E-state index in [1.807, 2.05) is 0 Å². The monoisotopic (exact) mass is 201 g/mol. The first-order chi connectivity index (χ1) is 6.69. The van der Waals surface area contributed by atoms with Gasteiger partial charge in [0, 0.05) is 7.11 Å². The number of nitrogens with one attached hydrogen (secondary N) is 1. The molecule has 0 radical (unpaired) electrons. The zero-order valence-corrected chi connectivity index (χ0v) is 8.10. The fourth-order valence-electron chi connectivity index (χ4n) is 1.97. The fourth-order valence-corrected chi connectivity index (χ4v) is 1.97. The normalized spacial score (nSPS) is 28.4. The van der Waals surface area contributed by atoms with Crippen molar-refractivity contribution < 1.29 is 19.4 Å². The van der Waals surface area contributed by atoms with E-state index in [9.17, 15) is 9.59 Å². The first-order valence-corrected chi connectivity index (χ1v) is 4.64. The van der Waals surface area contributed by atoms with E-state index in [2.05, 4.69) is 5.32 Å². The second kappa shape index (κ2) is 4.95. The molecule has 3 atom stereocenters. The van der Waals surface area contributed by atoms with Crippen LogP contribution >= 0.6 is 0 Å². The number of rotatable bonds is 5. The molecule has 14 heavy (non-hydrogen) atoms. The maximum atomic E-state index is 10.8. The van der Waals surface area contributed by atoms with E-state index in [-0.39, 0.29) is 12.0 Å². The predicted molar refractivity (Wildman–Crippen MR) is 48.8 cm³/mol. The number of ether oxygens (including phenoxy) is 1. The van der Waals surface area contributed by atoms with Gasteiger partial charge in [0.25, 0.3) is 0 Å². The second-order valence-corrected chi connectivity index (χ2v) is 3.53. The average molecular weight is 201 g/mol. The molecule has 1 fully saturated rings. The van der Waals surface area contributed by atoms with Crippen molar-refractivity contribution in [1.82, 2.24) is 5.32 Å². The van der Waals surface area contributed by atoms with Gasteiger partial charge in [-0.1, -0.05) is 0 Å². The molecule has 1 aliphatic rings. The van der Waals surface area contributed by atoms with Gasteiger partial charge in [0.1, 0.15) is 6.04 Å². The summed E-state index contributed by atoms with van der Waals surface area (Å²) in [4.78, 5) is 21.0. The Morgan fingerprint density at radius 1 is 1.64 bits per heavy atom. The Kier molecular flexibility index (Phi) is 3.88. The molecule has 2 N–H and O–H groups in total. The van der Waals surface area contributed by atoms with Crippen LogP contribution in [0.4, 0.5) is 0 Å². The number of hydrogen-bond acceptors (Lipinski definition) is 3. The summed E-state index contributed by atoms with van der Waals surface area (Å²) in [5.41, 5.74) is 0. The van der Waals surface area contributed by atoms with Gasteiger partial charge in [-0.25, -0.2) is 4.79 Å². The van der Waals surface area contributed by atoms with Gasteiger partial charge < -0.3 is 15.2 Å². The Morgan fingerprint density at radius 2 is 2.36 bits per heavy atom. The van der Waals surface area contributed by atoms with Crippen LogP contribution in [0.1, 0.15) is 19.3 Å². The number of carbonyl (C=O) groups is 2.